The topological polar surface area (TPSA) is 29.5 Å². The number of nitrogens with zero attached hydrogens (tertiary/aromatic N) is 1. The molecule has 98 valence electrons. The van der Waals surface area contributed by atoms with Gasteiger partial charge in [-0.2, -0.15) is 0 Å². The van der Waals surface area contributed by atoms with Gasteiger partial charge in [0.15, 0.2) is 0 Å². The van der Waals surface area contributed by atoms with Gasteiger partial charge in [-0.05, 0) is 34.1 Å². The molecule has 0 spiro atoms. The van der Waals surface area contributed by atoms with Gasteiger partial charge in [0.1, 0.15) is 0 Å². The Kier molecular flexibility index (Phi) is 5.06. The molecule has 1 unspecified atom stereocenters. The quantitative estimate of drug-likeness (QED) is 0.717. The molecule has 2 rings (SSSR count). The standard InChI is InChI=1S/C12H12Br2ClNO2/c13-8-1-2-10(11(14)5-8)12(17)16-3-4-18-9(6-15)7-16/h1-2,5,9H,3-4,6-7H2. The molecule has 1 aliphatic heterocycles. The Hall–Kier alpha value is -0.100. The van der Waals surface area contributed by atoms with E-state index in [1.165, 1.54) is 0 Å². The molecule has 18 heavy (non-hydrogen) atoms. The summed E-state index contributed by atoms with van der Waals surface area (Å²) in [6.45, 7) is 1.69. The third kappa shape index (κ3) is 3.26. The normalized spacial score (nSPS) is 19.9. The number of alkyl halides is 1. The Labute approximate surface area is 128 Å². The summed E-state index contributed by atoms with van der Waals surface area (Å²) < 4.78 is 7.17. The molecule has 1 aliphatic rings. The molecule has 1 heterocycles. The highest BCUT2D eigenvalue weighted by Crippen LogP contribution is 2.24. The van der Waals surface area contributed by atoms with Gasteiger partial charge in [-0.1, -0.05) is 15.9 Å². The highest BCUT2D eigenvalue weighted by molar-refractivity contribution is 9.11. The molecule has 0 radical (unpaired) electrons. The number of carbonyl (C=O) groups is 1. The van der Waals surface area contributed by atoms with E-state index in [4.69, 9.17) is 16.3 Å². The van der Waals surface area contributed by atoms with Crippen LogP contribution < -0.4 is 0 Å². The van der Waals surface area contributed by atoms with E-state index in [2.05, 4.69) is 31.9 Å². The fourth-order valence-corrected chi connectivity index (χ4v) is 3.23. The zero-order chi connectivity index (χ0) is 13.1. The minimum absolute atomic E-state index is 0.00721. The number of carbonyl (C=O) groups excluding carboxylic acids is 1. The summed E-state index contributed by atoms with van der Waals surface area (Å²) in [4.78, 5) is 14.2. The molecule has 1 aromatic carbocycles. The third-order valence-corrected chi connectivity index (χ3v) is 4.25. The van der Waals surface area contributed by atoms with E-state index >= 15 is 0 Å². The van der Waals surface area contributed by atoms with Crippen molar-refractivity contribution in [1.29, 1.82) is 0 Å². The Morgan fingerprint density at radius 2 is 2.28 bits per heavy atom. The molecule has 1 fully saturated rings. The molecule has 1 atom stereocenters. The molecule has 1 amide bonds. The second-order valence-electron chi connectivity index (χ2n) is 4.02. The highest BCUT2D eigenvalue weighted by Gasteiger charge is 2.25. The lowest BCUT2D eigenvalue weighted by Gasteiger charge is -2.32. The molecule has 0 aliphatic carbocycles. The van der Waals surface area contributed by atoms with Crippen LogP contribution in [0, 0.1) is 0 Å². The fraction of sp³-hybridized carbons (Fsp3) is 0.417. The molecule has 1 saturated heterocycles. The van der Waals surface area contributed by atoms with Crippen molar-refractivity contribution < 1.29 is 9.53 Å². The smallest absolute Gasteiger partial charge is 0.255 e. The van der Waals surface area contributed by atoms with Crippen LogP contribution in [0.3, 0.4) is 0 Å². The number of hydrogen-bond donors (Lipinski definition) is 0. The van der Waals surface area contributed by atoms with Crippen LogP contribution in [0.5, 0.6) is 0 Å². The summed E-state index contributed by atoms with van der Waals surface area (Å²) in [5.74, 6) is 0.415. The zero-order valence-electron chi connectivity index (χ0n) is 9.54. The van der Waals surface area contributed by atoms with Crippen molar-refractivity contribution in [3.8, 4) is 0 Å². The first kappa shape index (κ1) is 14.3. The first-order valence-electron chi connectivity index (χ1n) is 5.53. The molecule has 3 nitrogen and oxygen atoms in total. The minimum Gasteiger partial charge on any atom is -0.373 e. The molecule has 0 N–H and O–H groups in total. The van der Waals surface area contributed by atoms with Gasteiger partial charge in [0.25, 0.3) is 5.91 Å². The van der Waals surface area contributed by atoms with Crippen LogP contribution in [0.1, 0.15) is 10.4 Å². The average Bonchev–Trinajstić information content (AvgIpc) is 2.38. The SMILES string of the molecule is O=C(c1ccc(Br)cc1Br)N1CCOC(CCl)C1. The average molecular weight is 397 g/mol. The summed E-state index contributed by atoms with van der Waals surface area (Å²) in [5, 5.41) is 0. The van der Waals surface area contributed by atoms with E-state index in [1.54, 1.807) is 4.90 Å². The van der Waals surface area contributed by atoms with E-state index < -0.39 is 0 Å². The first-order chi connectivity index (χ1) is 8.61. The van der Waals surface area contributed by atoms with Gasteiger partial charge >= 0.3 is 0 Å². The molecule has 1 aromatic rings. The van der Waals surface area contributed by atoms with Crippen LogP contribution in [-0.4, -0.2) is 42.5 Å². The number of amides is 1. The van der Waals surface area contributed by atoms with Gasteiger partial charge < -0.3 is 9.64 Å². The van der Waals surface area contributed by atoms with Gasteiger partial charge in [0.2, 0.25) is 0 Å². The van der Waals surface area contributed by atoms with Gasteiger partial charge in [-0.3, -0.25) is 4.79 Å². The predicted octanol–water partition coefficient (Wildman–Crippen LogP) is 3.29. The molecule has 0 aromatic heterocycles. The molecular formula is C12H12Br2ClNO2. The summed E-state index contributed by atoms with van der Waals surface area (Å²) in [5.41, 5.74) is 0.661. The first-order valence-corrected chi connectivity index (χ1v) is 7.65. The number of rotatable bonds is 2. The lowest BCUT2D eigenvalue weighted by molar-refractivity contribution is -0.0108. The molecular weight excluding hydrogens is 385 g/mol. The predicted molar refractivity (Wildman–Crippen MR) is 78.2 cm³/mol. The van der Waals surface area contributed by atoms with E-state index in [-0.39, 0.29) is 12.0 Å². The maximum atomic E-state index is 12.4. The summed E-state index contributed by atoms with van der Waals surface area (Å²) >= 11 is 12.6. The number of benzene rings is 1. The van der Waals surface area contributed by atoms with E-state index in [0.29, 0.717) is 31.1 Å². The zero-order valence-corrected chi connectivity index (χ0v) is 13.5. The lowest BCUT2D eigenvalue weighted by atomic mass is 10.2. The van der Waals surface area contributed by atoms with Crippen molar-refractivity contribution in [1.82, 2.24) is 4.90 Å². The Bertz CT molecular complexity index is 456. The van der Waals surface area contributed by atoms with Crippen molar-refractivity contribution in [2.75, 3.05) is 25.6 Å². The summed E-state index contributed by atoms with van der Waals surface area (Å²) in [6.07, 6.45) is -0.0707. The van der Waals surface area contributed by atoms with Gasteiger partial charge in [-0.25, -0.2) is 0 Å². The number of morpholine rings is 1. The third-order valence-electron chi connectivity index (χ3n) is 2.76. The molecule has 0 saturated carbocycles. The Balaban J connectivity index is 2.15. The number of halogens is 3. The molecule has 0 bridgehead atoms. The summed E-state index contributed by atoms with van der Waals surface area (Å²) in [6, 6.07) is 5.53. The van der Waals surface area contributed by atoms with Crippen molar-refractivity contribution in [3.05, 3.63) is 32.7 Å². The van der Waals surface area contributed by atoms with Crippen molar-refractivity contribution in [3.63, 3.8) is 0 Å². The Morgan fingerprint density at radius 3 is 2.94 bits per heavy atom. The monoisotopic (exact) mass is 395 g/mol. The Morgan fingerprint density at radius 1 is 1.50 bits per heavy atom. The van der Waals surface area contributed by atoms with Crippen molar-refractivity contribution in [2.45, 2.75) is 6.10 Å². The van der Waals surface area contributed by atoms with E-state index in [0.717, 1.165) is 8.95 Å². The second kappa shape index (κ2) is 6.37. The van der Waals surface area contributed by atoms with Crippen LogP contribution in [-0.2, 0) is 4.74 Å². The molecule has 6 heteroatoms. The van der Waals surface area contributed by atoms with Gasteiger partial charge in [0, 0.05) is 22.0 Å². The van der Waals surface area contributed by atoms with Crippen molar-refractivity contribution in [2.24, 2.45) is 0 Å². The maximum Gasteiger partial charge on any atom is 0.255 e. The van der Waals surface area contributed by atoms with Crippen LogP contribution in [0.4, 0.5) is 0 Å². The highest BCUT2D eigenvalue weighted by atomic mass is 79.9. The van der Waals surface area contributed by atoms with Crippen LogP contribution in [0.25, 0.3) is 0 Å². The fourth-order valence-electron chi connectivity index (χ4n) is 1.83. The van der Waals surface area contributed by atoms with Crippen LogP contribution in [0.15, 0.2) is 27.1 Å². The lowest BCUT2D eigenvalue weighted by Crippen LogP contribution is -2.46. The van der Waals surface area contributed by atoms with Crippen molar-refractivity contribution >= 4 is 49.4 Å². The van der Waals surface area contributed by atoms with E-state index in [9.17, 15) is 4.79 Å². The van der Waals surface area contributed by atoms with Crippen LogP contribution in [0.2, 0.25) is 0 Å². The van der Waals surface area contributed by atoms with E-state index in [1.807, 2.05) is 18.2 Å². The largest absolute Gasteiger partial charge is 0.373 e. The van der Waals surface area contributed by atoms with Crippen LogP contribution >= 0.6 is 43.5 Å². The second-order valence-corrected chi connectivity index (χ2v) is 6.10. The number of hydrogen-bond acceptors (Lipinski definition) is 2. The summed E-state index contributed by atoms with van der Waals surface area (Å²) in [7, 11) is 0. The van der Waals surface area contributed by atoms with Gasteiger partial charge in [0.05, 0.1) is 24.2 Å². The number of ether oxygens (including phenoxy) is 1. The maximum absolute atomic E-state index is 12.4. The van der Waals surface area contributed by atoms with Gasteiger partial charge in [-0.15, -0.1) is 11.6 Å². The minimum atomic E-state index is -0.0707.